The lowest BCUT2D eigenvalue weighted by atomic mass is 9.80. The average molecular weight is 674 g/mol. The molecule has 12 heteroatoms. The minimum Gasteiger partial charge on any atom is -0.466 e. The fourth-order valence-electron chi connectivity index (χ4n) is 5.50. The highest BCUT2D eigenvalue weighted by Gasteiger charge is 2.28. The second-order valence-electron chi connectivity index (χ2n) is 14.7. The first-order valence-corrected chi connectivity index (χ1v) is 24.2. The number of carbonyl (C=O) groups excluding carboxylic acids is 1. The smallest absolute Gasteiger partial charge is 0.308 e. The lowest BCUT2D eigenvalue weighted by Crippen LogP contribution is -2.33. The van der Waals surface area contributed by atoms with Crippen molar-refractivity contribution in [3.8, 4) is 11.1 Å². The second-order valence-corrected chi connectivity index (χ2v) is 26.3. The molecule has 1 fully saturated rings. The number of rotatable bonds is 16. The lowest BCUT2D eigenvalue weighted by molar-refractivity contribution is -0.149. The highest BCUT2D eigenvalue weighted by Crippen LogP contribution is 2.33. The third kappa shape index (κ3) is 10.9. The number of anilines is 1. The van der Waals surface area contributed by atoms with E-state index in [2.05, 4.69) is 55.2 Å². The minimum absolute atomic E-state index is 0.00291. The summed E-state index contributed by atoms with van der Waals surface area (Å²) < 4.78 is 19.8. The zero-order valence-electron chi connectivity index (χ0n) is 28.3. The van der Waals surface area contributed by atoms with Crippen LogP contribution in [-0.2, 0) is 25.4 Å². The summed E-state index contributed by atoms with van der Waals surface area (Å²) in [6.07, 6.45) is 8.10. The van der Waals surface area contributed by atoms with Crippen molar-refractivity contribution in [3.63, 3.8) is 0 Å². The molecular formula is C33H52ClN5O4Si2. The third-order valence-electron chi connectivity index (χ3n) is 8.32. The molecule has 0 saturated heterocycles. The van der Waals surface area contributed by atoms with Crippen LogP contribution in [0.5, 0.6) is 0 Å². The zero-order valence-corrected chi connectivity index (χ0v) is 31.0. The summed E-state index contributed by atoms with van der Waals surface area (Å²) in [6.45, 7) is 18.7. The molecule has 0 spiro atoms. The van der Waals surface area contributed by atoms with Gasteiger partial charge in [-0.1, -0.05) is 50.9 Å². The van der Waals surface area contributed by atoms with E-state index < -0.39 is 16.1 Å². The lowest BCUT2D eigenvalue weighted by Gasteiger charge is -2.28. The van der Waals surface area contributed by atoms with Gasteiger partial charge in [-0.15, -0.1) is 0 Å². The van der Waals surface area contributed by atoms with E-state index in [0.29, 0.717) is 44.4 Å². The molecule has 1 saturated carbocycles. The fourth-order valence-corrected chi connectivity index (χ4v) is 7.12. The Morgan fingerprint density at radius 1 is 0.978 bits per heavy atom. The first-order valence-electron chi connectivity index (χ1n) is 16.4. The van der Waals surface area contributed by atoms with E-state index in [1.54, 1.807) is 12.3 Å². The topological polar surface area (TPSA) is 91.1 Å². The summed E-state index contributed by atoms with van der Waals surface area (Å²) in [5.41, 5.74) is 3.56. The maximum Gasteiger partial charge on any atom is 0.308 e. The first kappa shape index (κ1) is 35.5. The summed E-state index contributed by atoms with van der Waals surface area (Å²) in [4.78, 5) is 23.9. The van der Waals surface area contributed by atoms with E-state index in [4.69, 9.17) is 35.9 Å². The number of ether oxygens (including phenoxy) is 3. The van der Waals surface area contributed by atoms with Crippen LogP contribution in [0.3, 0.4) is 0 Å². The number of aromatic nitrogens is 4. The van der Waals surface area contributed by atoms with Crippen LogP contribution in [0.2, 0.25) is 56.5 Å². The summed E-state index contributed by atoms with van der Waals surface area (Å²) >= 11 is 6.11. The maximum absolute atomic E-state index is 12.3. The van der Waals surface area contributed by atoms with Gasteiger partial charge in [-0.3, -0.25) is 4.79 Å². The number of esters is 1. The number of nitrogens with zero attached hydrogens (tertiary/aromatic N) is 5. The van der Waals surface area contributed by atoms with Crippen molar-refractivity contribution >= 4 is 45.2 Å². The third-order valence-corrected chi connectivity index (χ3v) is 12.0. The molecule has 0 amide bonds. The van der Waals surface area contributed by atoms with Gasteiger partial charge >= 0.3 is 5.97 Å². The van der Waals surface area contributed by atoms with E-state index in [1.165, 1.54) is 0 Å². The molecule has 3 heterocycles. The van der Waals surface area contributed by atoms with Gasteiger partial charge in [0.25, 0.3) is 0 Å². The largest absolute Gasteiger partial charge is 0.466 e. The highest BCUT2D eigenvalue weighted by atomic mass is 35.5. The Morgan fingerprint density at radius 2 is 1.62 bits per heavy atom. The number of pyridine rings is 1. The zero-order chi connectivity index (χ0) is 32.6. The van der Waals surface area contributed by atoms with Gasteiger partial charge in [0, 0.05) is 58.4 Å². The molecule has 3 aromatic rings. The highest BCUT2D eigenvalue weighted by molar-refractivity contribution is 6.76. The number of halogens is 1. The molecule has 0 aromatic carbocycles. The van der Waals surface area contributed by atoms with Crippen LogP contribution in [0.4, 0.5) is 5.82 Å². The van der Waals surface area contributed by atoms with Crippen molar-refractivity contribution in [2.45, 2.75) is 90.4 Å². The Balaban J connectivity index is 1.64. The van der Waals surface area contributed by atoms with Gasteiger partial charge in [-0.25, -0.2) is 9.97 Å². The molecule has 0 radical (unpaired) electrons. The second kappa shape index (κ2) is 16.0. The van der Waals surface area contributed by atoms with Crippen LogP contribution in [0.1, 0.15) is 38.3 Å². The molecule has 1 aliphatic carbocycles. The Morgan fingerprint density at radius 3 is 2.18 bits per heavy atom. The van der Waals surface area contributed by atoms with Crippen molar-refractivity contribution in [1.29, 1.82) is 0 Å². The van der Waals surface area contributed by atoms with Gasteiger partial charge < -0.3 is 19.1 Å². The van der Waals surface area contributed by atoms with Gasteiger partial charge in [0.2, 0.25) is 0 Å². The molecule has 4 rings (SSSR count). The van der Waals surface area contributed by atoms with Gasteiger partial charge in [0.1, 0.15) is 24.4 Å². The van der Waals surface area contributed by atoms with E-state index in [0.717, 1.165) is 72.5 Å². The van der Waals surface area contributed by atoms with Crippen LogP contribution in [0.25, 0.3) is 16.8 Å². The Labute approximate surface area is 276 Å². The number of fused-ring (bicyclic) bond motifs is 1. The van der Waals surface area contributed by atoms with Crippen LogP contribution >= 0.6 is 11.6 Å². The monoisotopic (exact) mass is 673 g/mol. The standard InChI is InChI=1S/C33H52ClN5O4Si2/c1-8-43-33(40)26-11-9-25(10-12-26)19-28-20-31(39-32(37-28)29(22-36-39)27-13-14-30(34)35-21-27)38(23-41-15-17-44(2,3)4)24-42-16-18-45(5,6)7/h13-14,20-22,25-26H,8-12,15-19,23-24H2,1-7H3. The van der Waals surface area contributed by atoms with Crippen LogP contribution < -0.4 is 4.90 Å². The number of hydrogen-bond acceptors (Lipinski definition) is 8. The summed E-state index contributed by atoms with van der Waals surface area (Å²) in [6, 6.07) is 8.08. The predicted molar refractivity (Wildman–Crippen MR) is 187 cm³/mol. The van der Waals surface area contributed by atoms with Gasteiger partial charge in [0.05, 0.1) is 18.7 Å². The van der Waals surface area contributed by atoms with Crippen LogP contribution in [-0.4, -0.2) is 75.0 Å². The Hall–Kier alpha value is -2.32. The first-order chi connectivity index (χ1) is 21.3. The summed E-state index contributed by atoms with van der Waals surface area (Å²) in [5, 5.41) is 5.26. The number of hydrogen-bond donors (Lipinski definition) is 0. The van der Waals surface area contributed by atoms with Crippen molar-refractivity contribution in [2.75, 3.05) is 38.2 Å². The molecule has 0 bridgehead atoms. The van der Waals surface area contributed by atoms with Crippen molar-refractivity contribution in [3.05, 3.63) is 41.4 Å². The normalized spacial score (nSPS) is 17.5. The van der Waals surface area contributed by atoms with Gasteiger partial charge in [0.15, 0.2) is 5.65 Å². The molecule has 0 atom stereocenters. The molecule has 3 aromatic heterocycles. The SMILES string of the molecule is CCOC(=O)C1CCC(Cc2cc(N(COCC[Si](C)(C)C)COCC[Si](C)(C)C)n3ncc(-c4ccc(Cl)nc4)c3n2)CC1. The Kier molecular flexibility index (Phi) is 12.6. The molecule has 0 unspecified atom stereocenters. The van der Waals surface area contributed by atoms with E-state index in [1.807, 2.05) is 23.7 Å². The molecule has 9 nitrogen and oxygen atoms in total. The molecule has 0 N–H and O–H groups in total. The predicted octanol–water partition coefficient (Wildman–Crippen LogP) is 7.79. The van der Waals surface area contributed by atoms with Crippen molar-refractivity contribution in [2.24, 2.45) is 11.8 Å². The minimum atomic E-state index is -1.24. The molecule has 45 heavy (non-hydrogen) atoms. The Bertz CT molecular complexity index is 1360. The van der Waals surface area contributed by atoms with Gasteiger partial charge in [-0.2, -0.15) is 9.61 Å². The van der Waals surface area contributed by atoms with Crippen molar-refractivity contribution in [1.82, 2.24) is 19.6 Å². The molecule has 0 aliphatic heterocycles. The quantitative estimate of drug-likeness (QED) is 0.0500. The fraction of sp³-hybridized carbons (Fsp3) is 0.636. The van der Waals surface area contributed by atoms with Crippen LogP contribution in [0.15, 0.2) is 30.6 Å². The van der Waals surface area contributed by atoms with E-state index in [-0.39, 0.29) is 11.9 Å². The number of carbonyl (C=O) groups is 1. The van der Waals surface area contributed by atoms with Crippen molar-refractivity contribution < 1.29 is 19.0 Å². The van der Waals surface area contributed by atoms with E-state index >= 15 is 0 Å². The molecule has 1 aliphatic rings. The molecule has 248 valence electrons. The van der Waals surface area contributed by atoms with E-state index in [9.17, 15) is 4.79 Å². The van der Waals surface area contributed by atoms with Crippen LogP contribution in [0, 0.1) is 11.8 Å². The van der Waals surface area contributed by atoms with Gasteiger partial charge in [-0.05, 0) is 69.2 Å². The summed E-state index contributed by atoms with van der Waals surface area (Å²) in [5.74, 6) is 1.28. The molecular weight excluding hydrogens is 622 g/mol. The maximum atomic E-state index is 12.3. The summed E-state index contributed by atoms with van der Waals surface area (Å²) in [7, 11) is -2.47. The average Bonchev–Trinajstić information content (AvgIpc) is 3.40.